The highest BCUT2D eigenvalue weighted by Crippen LogP contribution is 2.44. The van der Waals surface area contributed by atoms with Crippen molar-refractivity contribution in [2.45, 2.75) is 5.92 Å². The van der Waals surface area contributed by atoms with Gasteiger partial charge in [-0.2, -0.15) is 0 Å². The van der Waals surface area contributed by atoms with Crippen LogP contribution in [0.2, 0.25) is 0 Å². The molecule has 2 aromatic rings. The highest BCUT2D eigenvalue weighted by molar-refractivity contribution is 5.78. The quantitative estimate of drug-likeness (QED) is 0.582. The van der Waals surface area contributed by atoms with Gasteiger partial charge in [0.2, 0.25) is 6.54 Å². The molecule has 0 N–H and O–H groups in total. The average Bonchev–Trinajstić information content (AvgIpc) is 2.65. The predicted octanol–water partition coefficient (Wildman–Crippen LogP) is 3.08. The van der Waals surface area contributed by atoms with Gasteiger partial charge in [-0.3, -0.25) is 10.1 Å². The van der Waals surface area contributed by atoms with Crippen molar-refractivity contribution in [1.82, 2.24) is 0 Å². The fraction of sp³-hybridized carbons (Fsp3) is 0.143. The molecule has 0 saturated carbocycles. The van der Waals surface area contributed by atoms with E-state index in [-0.39, 0.29) is 17.4 Å². The zero-order valence-electron chi connectivity index (χ0n) is 9.17. The molecule has 3 rings (SSSR count). The van der Waals surface area contributed by atoms with Gasteiger partial charge < -0.3 is 0 Å². The Morgan fingerprint density at radius 1 is 0.941 bits per heavy atom. The van der Waals surface area contributed by atoms with Crippen LogP contribution >= 0.6 is 0 Å². The van der Waals surface area contributed by atoms with Gasteiger partial charge in [0.05, 0.1) is 5.92 Å². The Morgan fingerprint density at radius 3 is 1.88 bits per heavy atom. The molecule has 0 aliphatic heterocycles. The van der Waals surface area contributed by atoms with Gasteiger partial charge in [-0.1, -0.05) is 48.5 Å². The van der Waals surface area contributed by atoms with E-state index in [4.69, 9.17) is 0 Å². The fourth-order valence-corrected chi connectivity index (χ4v) is 2.61. The number of rotatable bonds is 2. The number of hydrogen-bond acceptors (Lipinski definition) is 2. The number of nitro groups is 1. The summed E-state index contributed by atoms with van der Waals surface area (Å²) in [6.07, 6.45) is 0. The zero-order chi connectivity index (χ0) is 11.8. The molecule has 0 radical (unpaired) electrons. The lowest BCUT2D eigenvalue weighted by Gasteiger charge is -2.07. The van der Waals surface area contributed by atoms with Gasteiger partial charge in [-0.25, -0.2) is 0 Å². The lowest BCUT2D eigenvalue weighted by Crippen LogP contribution is -2.11. The standard InChI is InChI=1S/C14H11NO2/c16-15(17)9-14-12-7-3-1-5-10(12)11-6-2-4-8-13(11)14/h1-8,14H,9H2. The van der Waals surface area contributed by atoms with Crippen LogP contribution in [-0.2, 0) is 0 Å². The Bertz CT molecular complexity index is 547. The molecule has 0 heterocycles. The van der Waals surface area contributed by atoms with Crippen LogP contribution in [0.4, 0.5) is 0 Å². The minimum absolute atomic E-state index is 0.0337. The first-order valence-electron chi connectivity index (χ1n) is 5.57. The van der Waals surface area contributed by atoms with E-state index in [0.717, 1.165) is 22.3 Å². The molecule has 0 amide bonds. The normalized spacial score (nSPS) is 13.2. The molecule has 2 aromatic carbocycles. The molecule has 0 saturated heterocycles. The second kappa shape index (κ2) is 3.70. The molecule has 3 heteroatoms. The summed E-state index contributed by atoms with van der Waals surface area (Å²) in [5.74, 6) is -0.0996. The third-order valence-electron chi connectivity index (χ3n) is 3.29. The number of fused-ring (bicyclic) bond motifs is 3. The van der Waals surface area contributed by atoms with Gasteiger partial charge in [0.25, 0.3) is 0 Å². The molecular weight excluding hydrogens is 214 g/mol. The summed E-state index contributed by atoms with van der Waals surface area (Å²) in [5, 5.41) is 10.8. The third kappa shape index (κ3) is 1.51. The van der Waals surface area contributed by atoms with Crippen LogP contribution in [0.5, 0.6) is 0 Å². The van der Waals surface area contributed by atoms with E-state index in [1.807, 2.05) is 48.5 Å². The molecule has 0 fully saturated rings. The van der Waals surface area contributed by atoms with E-state index < -0.39 is 0 Å². The van der Waals surface area contributed by atoms with Crippen LogP contribution in [0, 0.1) is 10.1 Å². The monoisotopic (exact) mass is 225 g/mol. The first-order chi connectivity index (χ1) is 8.27. The zero-order valence-corrected chi connectivity index (χ0v) is 9.17. The molecule has 0 bridgehead atoms. The summed E-state index contributed by atoms with van der Waals surface area (Å²) in [5.41, 5.74) is 4.42. The SMILES string of the molecule is O=[N+]([O-])CC1c2ccccc2-c2ccccc21. The second-order valence-corrected chi connectivity index (χ2v) is 4.24. The largest absolute Gasteiger partial charge is 0.265 e. The summed E-state index contributed by atoms with van der Waals surface area (Å²) >= 11 is 0. The lowest BCUT2D eigenvalue weighted by molar-refractivity contribution is -0.481. The van der Waals surface area contributed by atoms with Crippen molar-refractivity contribution in [3.05, 3.63) is 69.8 Å². The second-order valence-electron chi connectivity index (χ2n) is 4.24. The number of benzene rings is 2. The first kappa shape index (κ1) is 10.0. The van der Waals surface area contributed by atoms with E-state index in [1.54, 1.807) is 0 Å². The van der Waals surface area contributed by atoms with Crippen molar-refractivity contribution < 1.29 is 4.92 Å². The molecule has 1 aliphatic carbocycles. The topological polar surface area (TPSA) is 43.1 Å². The Kier molecular flexibility index (Phi) is 2.18. The maximum Gasteiger partial charge on any atom is 0.214 e. The van der Waals surface area contributed by atoms with E-state index in [0.29, 0.717) is 0 Å². The molecule has 0 spiro atoms. The summed E-state index contributed by atoms with van der Waals surface area (Å²) < 4.78 is 0. The molecular formula is C14H11NO2. The van der Waals surface area contributed by atoms with Gasteiger partial charge in [0.15, 0.2) is 0 Å². The lowest BCUT2D eigenvalue weighted by atomic mass is 9.97. The van der Waals surface area contributed by atoms with Crippen molar-refractivity contribution >= 4 is 0 Å². The Labute approximate surface area is 98.9 Å². The Hall–Kier alpha value is -2.16. The van der Waals surface area contributed by atoms with Gasteiger partial charge in [-0.05, 0) is 22.3 Å². The van der Waals surface area contributed by atoms with Gasteiger partial charge in [0.1, 0.15) is 0 Å². The molecule has 3 nitrogen and oxygen atoms in total. The molecule has 0 atom stereocenters. The van der Waals surface area contributed by atoms with Crippen LogP contribution in [0.15, 0.2) is 48.5 Å². The Morgan fingerprint density at radius 2 is 1.41 bits per heavy atom. The fourth-order valence-electron chi connectivity index (χ4n) is 2.61. The minimum Gasteiger partial charge on any atom is -0.265 e. The maximum atomic E-state index is 10.8. The molecule has 84 valence electrons. The maximum absolute atomic E-state index is 10.8. The molecule has 0 unspecified atom stereocenters. The summed E-state index contributed by atoms with van der Waals surface area (Å²) in [4.78, 5) is 10.5. The summed E-state index contributed by atoms with van der Waals surface area (Å²) in [6.45, 7) is -0.0337. The predicted molar refractivity (Wildman–Crippen MR) is 65.6 cm³/mol. The van der Waals surface area contributed by atoms with E-state index >= 15 is 0 Å². The molecule has 17 heavy (non-hydrogen) atoms. The van der Waals surface area contributed by atoms with Crippen LogP contribution in [0.3, 0.4) is 0 Å². The molecule has 0 aromatic heterocycles. The number of nitrogens with zero attached hydrogens (tertiary/aromatic N) is 1. The minimum atomic E-state index is -0.233. The average molecular weight is 225 g/mol. The van der Waals surface area contributed by atoms with Crippen LogP contribution in [0.1, 0.15) is 17.0 Å². The first-order valence-corrected chi connectivity index (χ1v) is 5.57. The van der Waals surface area contributed by atoms with Crippen molar-refractivity contribution in [1.29, 1.82) is 0 Å². The highest BCUT2D eigenvalue weighted by atomic mass is 16.6. The van der Waals surface area contributed by atoms with Crippen LogP contribution in [-0.4, -0.2) is 11.5 Å². The smallest absolute Gasteiger partial charge is 0.214 e. The van der Waals surface area contributed by atoms with Crippen molar-refractivity contribution in [3.63, 3.8) is 0 Å². The van der Waals surface area contributed by atoms with E-state index in [1.165, 1.54) is 0 Å². The summed E-state index contributed by atoms with van der Waals surface area (Å²) in [6, 6.07) is 15.9. The van der Waals surface area contributed by atoms with Gasteiger partial charge >= 0.3 is 0 Å². The van der Waals surface area contributed by atoms with Gasteiger partial charge in [-0.15, -0.1) is 0 Å². The van der Waals surface area contributed by atoms with Crippen molar-refractivity contribution in [2.75, 3.05) is 6.54 Å². The third-order valence-corrected chi connectivity index (χ3v) is 3.29. The molecule has 1 aliphatic rings. The van der Waals surface area contributed by atoms with Crippen LogP contribution < -0.4 is 0 Å². The van der Waals surface area contributed by atoms with Crippen molar-refractivity contribution in [3.8, 4) is 11.1 Å². The Balaban J connectivity index is 2.20. The van der Waals surface area contributed by atoms with Crippen LogP contribution in [0.25, 0.3) is 11.1 Å². The van der Waals surface area contributed by atoms with Gasteiger partial charge in [0, 0.05) is 4.92 Å². The number of hydrogen-bond donors (Lipinski definition) is 0. The van der Waals surface area contributed by atoms with Crippen molar-refractivity contribution in [2.24, 2.45) is 0 Å². The van der Waals surface area contributed by atoms with E-state index in [9.17, 15) is 10.1 Å². The van der Waals surface area contributed by atoms with E-state index in [2.05, 4.69) is 0 Å². The highest BCUT2D eigenvalue weighted by Gasteiger charge is 2.31. The summed E-state index contributed by atoms with van der Waals surface area (Å²) in [7, 11) is 0.